The number of carbonyl (C=O) groups is 1. The van der Waals surface area contributed by atoms with Crippen LogP contribution in [-0.2, 0) is 10.7 Å². The lowest BCUT2D eigenvalue weighted by Gasteiger charge is -2.20. The molecule has 10 heteroatoms. The smallest absolute Gasteiger partial charge is 0.407 e. The molecule has 0 fully saturated rings. The van der Waals surface area contributed by atoms with Crippen molar-refractivity contribution in [2.45, 2.75) is 58.7 Å². The highest BCUT2D eigenvalue weighted by molar-refractivity contribution is 5.87. The number of nitrogens with one attached hydrogen (secondary N) is 1. The molecule has 37 heavy (non-hydrogen) atoms. The van der Waals surface area contributed by atoms with Crippen molar-refractivity contribution in [3.8, 4) is 17.2 Å². The summed E-state index contributed by atoms with van der Waals surface area (Å²) >= 11 is 0. The predicted molar refractivity (Wildman–Crippen MR) is 133 cm³/mol. The number of ether oxygens (including phenoxy) is 1. The number of alkyl carbamates (subject to hydrolysis) is 1. The van der Waals surface area contributed by atoms with Crippen LogP contribution in [0.2, 0.25) is 0 Å². The Hall–Kier alpha value is -3.87. The maximum absolute atomic E-state index is 15.2. The number of nitriles is 1. The van der Waals surface area contributed by atoms with Crippen molar-refractivity contribution >= 4 is 17.3 Å². The topological polar surface area (TPSA) is 92.3 Å². The number of rotatable bonds is 5. The monoisotopic (exact) mass is 511 g/mol. The van der Waals surface area contributed by atoms with Crippen LogP contribution in [0.25, 0.3) is 22.3 Å². The van der Waals surface area contributed by atoms with E-state index in [2.05, 4.69) is 21.5 Å². The van der Waals surface area contributed by atoms with Crippen molar-refractivity contribution in [1.29, 1.82) is 5.26 Å². The first-order valence-corrected chi connectivity index (χ1v) is 11.9. The largest absolute Gasteiger partial charge is 0.444 e. The zero-order valence-corrected chi connectivity index (χ0v) is 21.3. The minimum Gasteiger partial charge on any atom is -0.444 e. The lowest BCUT2D eigenvalue weighted by Crippen LogP contribution is -2.36. The number of hydrogen-bond donors (Lipinski definition) is 1. The van der Waals surface area contributed by atoms with E-state index in [0.717, 1.165) is 5.56 Å². The van der Waals surface area contributed by atoms with E-state index < -0.39 is 35.5 Å². The summed E-state index contributed by atoms with van der Waals surface area (Å²) < 4.78 is 50.1. The molecule has 4 rings (SSSR count). The Labute approximate surface area is 213 Å². The van der Waals surface area contributed by atoms with Crippen LogP contribution in [0.4, 0.5) is 18.0 Å². The van der Waals surface area contributed by atoms with Crippen LogP contribution in [0.15, 0.2) is 36.4 Å². The SMILES string of the molecule is Cc1c(-c2ccccc2)c(C2=CC(CNC(=O)OC(C)(C)C)C(F)C2)n2nc(C(C)(F)F)nc2c1C#N. The van der Waals surface area contributed by atoms with Gasteiger partial charge in [0.05, 0.1) is 5.69 Å². The van der Waals surface area contributed by atoms with Gasteiger partial charge in [0.2, 0.25) is 5.82 Å². The first kappa shape index (κ1) is 26.2. The highest BCUT2D eigenvalue weighted by atomic mass is 19.3. The summed E-state index contributed by atoms with van der Waals surface area (Å²) in [6, 6.07) is 11.2. The van der Waals surface area contributed by atoms with Crippen molar-refractivity contribution in [2.24, 2.45) is 5.92 Å². The van der Waals surface area contributed by atoms with Gasteiger partial charge in [-0.3, -0.25) is 0 Å². The zero-order chi connectivity index (χ0) is 27.1. The molecular weight excluding hydrogens is 483 g/mol. The first-order chi connectivity index (χ1) is 17.3. The number of benzene rings is 1. The van der Waals surface area contributed by atoms with Gasteiger partial charge in [-0.25, -0.2) is 18.7 Å². The van der Waals surface area contributed by atoms with Gasteiger partial charge in [0.25, 0.3) is 0 Å². The third kappa shape index (κ3) is 5.31. The van der Waals surface area contributed by atoms with E-state index in [1.807, 2.05) is 30.3 Å². The second kappa shape index (κ2) is 9.54. The molecule has 2 unspecified atom stereocenters. The van der Waals surface area contributed by atoms with Crippen LogP contribution < -0.4 is 5.32 Å². The average Bonchev–Trinajstić information content (AvgIpc) is 3.40. The standard InChI is InChI=1S/C27H28F3N5O2/c1-15-19(13-31)23-33-24(27(5,29)30)34-35(23)22(21(15)16-9-7-6-8-10-16)17-11-18(20(28)12-17)14-32-25(36)37-26(2,3)4/h6-11,18,20H,12,14H2,1-5H3,(H,32,36). The number of pyridine rings is 1. The molecule has 1 aliphatic rings. The highest BCUT2D eigenvalue weighted by Crippen LogP contribution is 2.41. The third-order valence-electron chi connectivity index (χ3n) is 6.08. The molecule has 7 nitrogen and oxygen atoms in total. The summed E-state index contributed by atoms with van der Waals surface area (Å²) in [6.45, 7) is 7.58. The Morgan fingerprint density at radius 3 is 2.51 bits per heavy atom. The van der Waals surface area contributed by atoms with Crippen molar-refractivity contribution in [3.05, 3.63) is 59.1 Å². The Morgan fingerprint density at radius 2 is 1.92 bits per heavy atom. The fourth-order valence-electron chi connectivity index (χ4n) is 4.45. The molecule has 2 heterocycles. The van der Waals surface area contributed by atoms with Gasteiger partial charge in [-0.05, 0) is 44.4 Å². The van der Waals surface area contributed by atoms with Gasteiger partial charge in [-0.15, -0.1) is 5.10 Å². The number of alkyl halides is 3. The van der Waals surface area contributed by atoms with E-state index in [9.17, 15) is 18.8 Å². The molecule has 1 N–H and O–H groups in total. The van der Waals surface area contributed by atoms with E-state index >= 15 is 4.39 Å². The summed E-state index contributed by atoms with van der Waals surface area (Å²) in [4.78, 5) is 16.1. The Kier molecular flexibility index (Phi) is 6.76. The van der Waals surface area contributed by atoms with Crippen molar-refractivity contribution < 1.29 is 22.7 Å². The molecule has 0 aliphatic heterocycles. The maximum atomic E-state index is 15.2. The van der Waals surface area contributed by atoms with Crippen molar-refractivity contribution in [3.63, 3.8) is 0 Å². The molecule has 194 valence electrons. The molecule has 1 aliphatic carbocycles. The molecule has 3 aromatic rings. The number of carbonyl (C=O) groups excluding carboxylic acids is 1. The molecule has 2 atom stereocenters. The summed E-state index contributed by atoms with van der Waals surface area (Å²) in [7, 11) is 0. The molecule has 0 saturated heterocycles. The van der Waals surface area contributed by atoms with E-state index in [-0.39, 0.29) is 24.2 Å². The van der Waals surface area contributed by atoms with Crippen LogP contribution >= 0.6 is 0 Å². The van der Waals surface area contributed by atoms with Crippen LogP contribution in [0.5, 0.6) is 0 Å². The molecule has 0 radical (unpaired) electrons. The van der Waals surface area contributed by atoms with E-state index in [1.54, 1.807) is 33.8 Å². The number of halogens is 3. The van der Waals surface area contributed by atoms with Crippen LogP contribution in [-0.4, -0.2) is 39.0 Å². The van der Waals surface area contributed by atoms with Gasteiger partial charge >= 0.3 is 12.0 Å². The van der Waals surface area contributed by atoms with E-state index in [4.69, 9.17) is 4.74 Å². The fraction of sp³-hybridized carbons (Fsp3) is 0.407. The van der Waals surface area contributed by atoms with Gasteiger partial charge in [0.15, 0.2) is 5.65 Å². The molecule has 1 amide bonds. The van der Waals surface area contributed by atoms with Crippen LogP contribution in [0.3, 0.4) is 0 Å². The van der Waals surface area contributed by atoms with Crippen LogP contribution in [0, 0.1) is 24.2 Å². The number of nitrogens with zero attached hydrogens (tertiary/aromatic N) is 4. The summed E-state index contributed by atoms with van der Waals surface area (Å²) in [5.41, 5.74) is 2.15. The molecule has 0 spiro atoms. The Bertz CT molecular complexity index is 1410. The molecular formula is C27H28F3N5O2. The molecule has 1 aromatic carbocycles. The Balaban J connectivity index is 1.87. The Morgan fingerprint density at radius 1 is 1.24 bits per heavy atom. The normalized spacial score (nSPS) is 18.0. The highest BCUT2D eigenvalue weighted by Gasteiger charge is 2.35. The van der Waals surface area contributed by atoms with Crippen molar-refractivity contribution in [1.82, 2.24) is 19.9 Å². The molecule has 0 saturated carbocycles. The first-order valence-electron chi connectivity index (χ1n) is 11.9. The van der Waals surface area contributed by atoms with Crippen molar-refractivity contribution in [2.75, 3.05) is 6.54 Å². The van der Waals surface area contributed by atoms with Gasteiger partial charge in [0.1, 0.15) is 23.4 Å². The minimum absolute atomic E-state index is 0.00566. The van der Waals surface area contributed by atoms with Gasteiger partial charge < -0.3 is 10.1 Å². The third-order valence-corrected chi connectivity index (χ3v) is 6.08. The quantitative estimate of drug-likeness (QED) is 0.457. The van der Waals surface area contributed by atoms with Gasteiger partial charge in [-0.2, -0.15) is 14.0 Å². The number of hydrogen-bond acceptors (Lipinski definition) is 5. The lowest BCUT2D eigenvalue weighted by molar-refractivity contribution is 0.00797. The predicted octanol–water partition coefficient (Wildman–Crippen LogP) is 5.95. The van der Waals surface area contributed by atoms with Gasteiger partial charge in [-0.1, -0.05) is 36.4 Å². The minimum atomic E-state index is -3.34. The summed E-state index contributed by atoms with van der Waals surface area (Å²) in [6.07, 6.45) is -0.344. The second-order valence-electron chi connectivity index (χ2n) is 10.2. The van der Waals surface area contributed by atoms with Gasteiger partial charge in [0, 0.05) is 31.4 Å². The van der Waals surface area contributed by atoms with E-state index in [1.165, 1.54) is 4.52 Å². The summed E-state index contributed by atoms with van der Waals surface area (Å²) in [5, 5.41) is 16.6. The average molecular weight is 512 g/mol. The maximum Gasteiger partial charge on any atom is 0.407 e. The molecule has 0 bridgehead atoms. The number of fused-ring (bicyclic) bond motifs is 1. The lowest BCUT2D eigenvalue weighted by atomic mass is 9.92. The number of amides is 1. The molecule has 2 aromatic heterocycles. The fourth-order valence-corrected chi connectivity index (χ4v) is 4.45. The number of aromatic nitrogens is 3. The zero-order valence-electron chi connectivity index (χ0n) is 21.3. The number of allylic oxidation sites excluding steroid dienone is 1. The van der Waals surface area contributed by atoms with E-state index in [0.29, 0.717) is 29.3 Å². The second-order valence-corrected chi connectivity index (χ2v) is 10.2. The van der Waals surface area contributed by atoms with Crippen LogP contribution in [0.1, 0.15) is 56.8 Å². The summed E-state index contributed by atoms with van der Waals surface area (Å²) in [5.74, 6) is -4.75.